The number of rotatable bonds is 9. The second kappa shape index (κ2) is 9.67. The quantitative estimate of drug-likeness (QED) is 0.314. The molecule has 0 saturated heterocycles. The lowest BCUT2D eigenvalue weighted by Crippen LogP contribution is -2.05. The number of carboxylic acids is 1. The molecular formula is C25H26ClN3O4. The smallest absolute Gasteiger partial charge is 0.303 e. The predicted molar refractivity (Wildman–Crippen MR) is 128 cm³/mol. The van der Waals surface area contributed by atoms with Gasteiger partial charge < -0.3 is 18.9 Å². The SMILES string of the molecule is CCn1ccc2c(-c3noc(-c4ccc(OC(C)C)c(Cl)c4)n3)ccc(CCCC(=O)O)c21. The van der Waals surface area contributed by atoms with Crippen molar-refractivity contribution in [2.45, 2.75) is 52.7 Å². The summed E-state index contributed by atoms with van der Waals surface area (Å²) in [6.07, 6.45) is 3.47. The summed E-state index contributed by atoms with van der Waals surface area (Å²) < 4.78 is 13.4. The summed E-state index contributed by atoms with van der Waals surface area (Å²) in [6.45, 7) is 6.77. The minimum Gasteiger partial charge on any atom is -0.489 e. The summed E-state index contributed by atoms with van der Waals surface area (Å²) in [4.78, 5) is 15.5. The van der Waals surface area contributed by atoms with E-state index in [1.54, 1.807) is 12.1 Å². The number of ether oxygens (including phenoxy) is 1. The van der Waals surface area contributed by atoms with Crippen molar-refractivity contribution >= 4 is 28.5 Å². The van der Waals surface area contributed by atoms with Crippen LogP contribution >= 0.6 is 11.6 Å². The lowest BCUT2D eigenvalue weighted by atomic mass is 10.0. The first kappa shape index (κ1) is 22.9. The average Bonchev–Trinajstić information content (AvgIpc) is 3.42. The van der Waals surface area contributed by atoms with Crippen LogP contribution in [-0.4, -0.2) is 31.9 Å². The molecule has 0 saturated carbocycles. The maximum atomic E-state index is 10.9. The molecule has 0 bridgehead atoms. The van der Waals surface area contributed by atoms with Gasteiger partial charge in [0, 0.05) is 35.7 Å². The predicted octanol–water partition coefficient (Wildman–Crippen LogP) is 6.23. The van der Waals surface area contributed by atoms with Crippen LogP contribution in [0.3, 0.4) is 0 Å². The molecule has 0 aliphatic heterocycles. The third kappa shape index (κ3) is 4.88. The lowest BCUT2D eigenvalue weighted by molar-refractivity contribution is -0.137. The first-order chi connectivity index (χ1) is 15.9. The molecule has 2 aromatic heterocycles. The highest BCUT2D eigenvalue weighted by molar-refractivity contribution is 6.32. The van der Waals surface area contributed by atoms with E-state index in [1.165, 1.54) is 0 Å². The Morgan fingerprint density at radius 2 is 2.06 bits per heavy atom. The highest BCUT2D eigenvalue weighted by Gasteiger charge is 2.18. The number of halogens is 1. The number of aryl methyl sites for hydroxylation is 2. The first-order valence-corrected chi connectivity index (χ1v) is 11.4. The molecule has 2 heterocycles. The van der Waals surface area contributed by atoms with E-state index in [9.17, 15) is 4.79 Å². The topological polar surface area (TPSA) is 90.4 Å². The molecule has 172 valence electrons. The van der Waals surface area contributed by atoms with Crippen molar-refractivity contribution in [3.8, 4) is 28.6 Å². The fraction of sp³-hybridized carbons (Fsp3) is 0.320. The van der Waals surface area contributed by atoms with Crippen molar-refractivity contribution < 1.29 is 19.2 Å². The molecule has 0 spiro atoms. The minimum atomic E-state index is -0.781. The van der Waals surface area contributed by atoms with Gasteiger partial charge in [-0.15, -0.1) is 0 Å². The van der Waals surface area contributed by atoms with Crippen LogP contribution in [0.15, 0.2) is 47.1 Å². The van der Waals surface area contributed by atoms with E-state index in [0.717, 1.165) is 28.6 Å². The van der Waals surface area contributed by atoms with Gasteiger partial charge in [0.25, 0.3) is 5.89 Å². The molecule has 33 heavy (non-hydrogen) atoms. The number of hydrogen-bond acceptors (Lipinski definition) is 5. The van der Waals surface area contributed by atoms with Crippen LogP contribution in [0.1, 0.15) is 39.2 Å². The third-order valence-corrected chi connectivity index (χ3v) is 5.69. The molecular weight excluding hydrogens is 442 g/mol. The molecule has 0 aliphatic rings. The molecule has 0 unspecified atom stereocenters. The van der Waals surface area contributed by atoms with Gasteiger partial charge in [-0.25, -0.2) is 0 Å². The Morgan fingerprint density at radius 3 is 2.76 bits per heavy atom. The van der Waals surface area contributed by atoms with E-state index in [-0.39, 0.29) is 12.5 Å². The average molecular weight is 468 g/mol. The molecule has 2 aromatic carbocycles. The van der Waals surface area contributed by atoms with Crippen LogP contribution in [0.4, 0.5) is 0 Å². The largest absolute Gasteiger partial charge is 0.489 e. The molecule has 1 N–H and O–H groups in total. The number of carboxylic acid groups (broad SMARTS) is 1. The zero-order valence-corrected chi connectivity index (χ0v) is 19.6. The Kier molecular flexibility index (Phi) is 6.70. The summed E-state index contributed by atoms with van der Waals surface area (Å²) in [5.74, 6) is 0.685. The standard InChI is InChI=1S/C25H26ClN3O4/c1-4-29-13-12-18-19(10-8-16(23(18)29)6-5-7-22(30)31)24-27-25(33-28-24)17-9-11-21(20(26)14-17)32-15(2)3/h8-15H,4-7H2,1-3H3,(H,30,31). The number of fused-ring (bicyclic) bond motifs is 1. The van der Waals surface area contributed by atoms with Gasteiger partial charge in [0.15, 0.2) is 0 Å². The Morgan fingerprint density at radius 1 is 1.24 bits per heavy atom. The van der Waals surface area contributed by atoms with Crippen LogP contribution in [0.2, 0.25) is 5.02 Å². The van der Waals surface area contributed by atoms with E-state index in [4.69, 9.17) is 26.0 Å². The summed E-state index contributed by atoms with van der Waals surface area (Å²) in [7, 11) is 0. The van der Waals surface area contributed by atoms with Crippen LogP contribution in [-0.2, 0) is 17.8 Å². The fourth-order valence-electron chi connectivity index (χ4n) is 3.92. The van der Waals surface area contributed by atoms with Gasteiger partial charge in [-0.2, -0.15) is 4.98 Å². The second-order valence-corrected chi connectivity index (χ2v) is 8.53. The second-order valence-electron chi connectivity index (χ2n) is 8.12. The van der Waals surface area contributed by atoms with E-state index >= 15 is 0 Å². The van der Waals surface area contributed by atoms with Crippen LogP contribution in [0.25, 0.3) is 33.7 Å². The number of aliphatic carboxylic acids is 1. The Labute approximate surface area is 196 Å². The number of nitrogens with zero attached hydrogens (tertiary/aromatic N) is 3. The van der Waals surface area contributed by atoms with E-state index in [0.29, 0.717) is 40.9 Å². The highest BCUT2D eigenvalue weighted by Crippen LogP contribution is 2.34. The van der Waals surface area contributed by atoms with Crippen molar-refractivity contribution in [1.29, 1.82) is 0 Å². The molecule has 8 heteroatoms. The highest BCUT2D eigenvalue weighted by atomic mass is 35.5. The molecule has 7 nitrogen and oxygen atoms in total. The van der Waals surface area contributed by atoms with Gasteiger partial charge in [-0.05, 0) is 63.4 Å². The monoisotopic (exact) mass is 467 g/mol. The Balaban J connectivity index is 1.67. The fourth-order valence-corrected chi connectivity index (χ4v) is 4.15. The summed E-state index contributed by atoms with van der Waals surface area (Å²) >= 11 is 6.37. The third-order valence-electron chi connectivity index (χ3n) is 5.39. The van der Waals surface area contributed by atoms with Crippen molar-refractivity contribution in [2.24, 2.45) is 0 Å². The number of benzene rings is 2. The normalized spacial score (nSPS) is 11.4. The number of aromatic nitrogens is 3. The summed E-state index contributed by atoms with van der Waals surface area (Å²) in [5, 5.41) is 14.7. The molecule has 4 aromatic rings. The lowest BCUT2D eigenvalue weighted by Gasteiger charge is -2.11. The van der Waals surface area contributed by atoms with Crippen molar-refractivity contribution in [3.05, 3.63) is 53.2 Å². The molecule has 0 amide bonds. The molecule has 0 aliphatic carbocycles. The maximum Gasteiger partial charge on any atom is 0.303 e. The molecule has 4 rings (SSSR count). The zero-order valence-electron chi connectivity index (χ0n) is 18.8. The minimum absolute atomic E-state index is 0.0216. The van der Waals surface area contributed by atoms with Crippen molar-refractivity contribution in [3.63, 3.8) is 0 Å². The Hall–Kier alpha value is -3.32. The zero-order chi connectivity index (χ0) is 23.5. The van der Waals surface area contributed by atoms with Gasteiger partial charge in [-0.3, -0.25) is 4.79 Å². The maximum absolute atomic E-state index is 10.9. The van der Waals surface area contributed by atoms with E-state index < -0.39 is 5.97 Å². The van der Waals surface area contributed by atoms with Crippen LogP contribution in [0.5, 0.6) is 5.75 Å². The van der Waals surface area contributed by atoms with Gasteiger partial charge >= 0.3 is 5.97 Å². The summed E-state index contributed by atoms with van der Waals surface area (Å²) in [5.41, 5.74) is 3.76. The van der Waals surface area contributed by atoms with Gasteiger partial charge in [0.05, 0.1) is 16.6 Å². The van der Waals surface area contributed by atoms with E-state index in [1.807, 2.05) is 44.3 Å². The van der Waals surface area contributed by atoms with E-state index in [2.05, 4.69) is 21.6 Å². The van der Waals surface area contributed by atoms with Crippen molar-refractivity contribution in [2.75, 3.05) is 0 Å². The number of hydrogen-bond donors (Lipinski definition) is 1. The summed E-state index contributed by atoms with van der Waals surface area (Å²) in [6, 6.07) is 11.4. The molecule has 0 fully saturated rings. The Bertz CT molecular complexity index is 1290. The van der Waals surface area contributed by atoms with Gasteiger partial charge in [-0.1, -0.05) is 28.9 Å². The number of carbonyl (C=O) groups is 1. The van der Waals surface area contributed by atoms with Crippen molar-refractivity contribution in [1.82, 2.24) is 14.7 Å². The van der Waals surface area contributed by atoms with Gasteiger partial charge in [0.1, 0.15) is 5.75 Å². The van der Waals surface area contributed by atoms with Crippen LogP contribution < -0.4 is 4.74 Å². The first-order valence-electron chi connectivity index (χ1n) is 11.0. The van der Waals surface area contributed by atoms with Gasteiger partial charge in [0.2, 0.25) is 5.82 Å². The van der Waals surface area contributed by atoms with Crippen LogP contribution in [0, 0.1) is 0 Å². The molecule has 0 radical (unpaired) electrons. The molecule has 0 atom stereocenters.